The molecular weight excluding hydrogens is 224 g/mol. The molecule has 1 saturated carbocycles. The van der Waals surface area contributed by atoms with Crippen molar-refractivity contribution in [2.75, 3.05) is 6.26 Å². The van der Waals surface area contributed by atoms with E-state index in [1.807, 2.05) is 6.07 Å². The lowest BCUT2D eigenvalue weighted by Gasteiger charge is -2.08. The summed E-state index contributed by atoms with van der Waals surface area (Å²) in [6.07, 6.45) is 4.41. The van der Waals surface area contributed by atoms with Gasteiger partial charge in [0.25, 0.3) is 0 Å². The van der Waals surface area contributed by atoms with Crippen molar-refractivity contribution in [2.24, 2.45) is 0 Å². The molecule has 88 valence electrons. The number of sulfone groups is 1. The highest BCUT2D eigenvalue weighted by molar-refractivity contribution is 7.90. The van der Waals surface area contributed by atoms with Crippen LogP contribution in [-0.4, -0.2) is 25.4 Å². The van der Waals surface area contributed by atoms with Gasteiger partial charge in [0, 0.05) is 6.26 Å². The Labute approximate surface area is 96.0 Å². The van der Waals surface area contributed by atoms with Gasteiger partial charge in [-0.05, 0) is 43.4 Å². The van der Waals surface area contributed by atoms with Gasteiger partial charge in [0.2, 0.25) is 0 Å². The minimum atomic E-state index is -3.13. The maximum atomic E-state index is 11.3. The Morgan fingerprint density at radius 3 is 2.62 bits per heavy atom. The van der Waals surface area contributed by atoms with Gasteiger partial charge in [-0.3, -0.25) is 0 Å². The molecule has 1 aromatic carbocycles. The fourth-order valence-electron chi connectivity index (χ4n) is 1.70. The van der Waals surface area contributed by atoms with Crippen LogP contribution in [-0.2, 0) is 16.3 Å². The van der Waals surface area contributed by atoms with E-state index in [1.165, 1.54) is 6.26 Å². The minimum absolute atomic E-state index is 0.354. The van der Waals surface area contributed by atoms with Crippen LogP contribution < -0.4 is 0 Å². The molecule has 0 bridgehead atoms. The SMILES string of the molecule is CS(=O)(=O)c1cccc(CCC2(O)CC2)c1. The number of aliphatic hydroxyl groups is 1. The van der Waals surface area contributed by atoms with Crippen LogP contribution in [0.4, 0.5) is 0 Å². The van der Waals surface area contributed by atoms with Gasteiger partial charge in [0.05, 0.1) is 10.5 Å². The molecule has 16 heavy (non-hydrogen) atoms. The summed E-state index contributed by atoms with van der Waals surface area (Å²) in [6, 6.07) is 6.95. The van der Waals surface area contributed by atoms with E-state index < -0.39 is 15.4 Å². The van der Waals surface area contributed by atoms with Crippen LogP contribution in [0.2, 0.25) is 0 Å². The van der Waals surface area contributed by atoms with E-state index in [-0.39, 0.29) is 0 Å². The van der Waals surface area contributed by atoms with E-state index in [2.05, 4.69) is 0 Å². The van der Waals surface area contributed by atoms with Crippen LogP contribution in [0.15, 0.2) is 29.2 Å². The van der Waals surface area contributed by atoms with Crippen molar-refractivity contribution < 1.29 is 13.5 Å². The average molecular weight is 240 g/mol. The van der Waals surface area contributed by atoms with Crippen LogP contribution in [0.5, 0.6) is 0 Å². The molecule has 0 atom stereocenters. The molecule has 0 unspecified atom stereocenters. The van der Waals surface area contributed by atoms with Gasteiger partial charge in [-0.1, -0.05) is 12.1 Å². The number of benzene rings is 1. The molecule has 0 heterocycles. The molecule has 0 aliphatic heterocycles. The first-order valence-electron chi connectivity index (χ1n) is 5.40. The summed E-state index contributed by atoms with van der Waals surface area (Å²) in [4.78, 5) is 0.354. The second-order valence-corrected chi connectivity index (χ2v) is 6.66. The summed E-state index contributed by atoms with van der Waals surface area (Å²) in [6.45, 7) is 0. The second-order valence-electron chi connectivity index (χ2n) is 4.64. The number of rotatable bonds is 4. The highest BCUT2D eigenvalue weighted by atomic mass is 32.2. The van der Waals surface area contributed by atoms with E-state index in [0.29, 0.717) is 4.90 Å². The molecule has 0 saturated heterocycles. The normalized spacial score (nSPS) is 18.4. The van der Waals surface area contributed by atoms with Gasteiger partial charge in [-0.2, -0.15) is 0 Å². The molecular formula is C12H16O3S. The largest absolute Gasteiger partial charge is 0.390 e. The summed E-state index contributed by atoms with van der Waals surface area (Å²) in [5, 5.41) is 9.70. The predicted molar refractivity (Wildman–Crippen MR) is 62.1 cm³/mol. The zero-order chi connectivity index (χ0) is 11.8. The zero-order valence-electron chi connectivity index (χ0n) is 9.31. The predicted octanol–water partition coefficient (Wildman–Crippen LogP) is 1.55. The smallest absolute Gasteiger partial charge is 0.175 e. The molecule has 1 aromatic rings. The van der Waals surface area contributed by atoms with Crippen molar-refractivity contribution in [3.63, 3.8) is 0 Å². The topological polar surface area (TPSA) is 54.4 Å². The Balaban J connectivity index is 2.10. The highest BCUT2D eigenvalue weighted by Gasteiger charge is 2.39. The summed E-state index contributed by atoms with van der Waals surface area (Å²) >= 11 is 0. The van der Waals surface area contributed by atoms with Gasteiger partial charge in [0.15, 0.2) is 9.84 Å². The Morgan fingerprint density at radius 1 is 1.38 bits per heavy atom. The van der Waals surface area contributed by atoms with E-state index >= 15 is 0 Å². The number of hydrogen-bond acceptors (Lipinski definition) is 3. The lowest BCUT2D eigenvalue weighted by atomic mass is 10.1. The van der Waals surface area contributed by atoms with Crippen LogP contribution >= 0.6 is 0 Å². The molecule has 1 N–H and O–H groups in total. The van der Waals surface area contributed by atoms with Crippen LogP contribution in [0.25, 0.3) is 0 Å². The lowest BCUT2D eigenvalue weighted by Crippen LogP contribution is -2.08. The quantitative estimate of drug-likeness (QED) is 0.868. The third kappa shape index (κ3) is 2.83. The molecule has 1 aliphatic rings. The Bertz CT molecular complexity index is 487. The van der Waals surface area contributed by atoms with Crippen molar-refractivity contribution in [2.45, 2.75) is 36.2 Å². The van der Waals surface area contributed by atoms with Crippen LogP contribution in [0.1, 0.15) is 24.8 Å². The first kappa shape index (κ1) is 11.6. The molecule has 1 aliphatic carbocycles. The van der Waals surface area contributed by atoms with E-state index in [4.69, 9.17) is 0 Å². The molecule has 1 fully saturated rings. The van der Waals surface area contributed by atoms with Crippen LogP contribution in [0, 0.1) is 0 Å². The van der Waals surface area contributed by atoms with Gasteiger partial charge in [-0.15, -0.1) is 0 Å². The molecule has 0 aromatic heterocycles. The minimum Gasteiger partial charge on any atom is -0.390 e. The van der Waals surface area contributed by atoms with Gasteiger partial charge < -0.3 is 5.11 Å². The Hall–Kier alpha value is -0.870. The maximum Gasteiger partial charge on any atom is 0.175 e. The molecule has 4 heteroatoms. The molecule has 2 rings (SSSR count). The summed E-state index contributed by atoms with van der Waals surface area (Å²) in [5.74, 6) is 0. The molecule has 3 nitrogen and oxygen atoms in total. The van der Waals surface area contributed by atoms with Crippen molar-refractivity contribution in [3.8, 4) is 0 Å². The Kier molecular flexibility index (Phi) is 2.80. The van der Waals surface area contributed by atoms with Crippen LogP contribution in [0.3, 0.4) is 0 Å². The highest BCUT2D eigenvalue weighted by Crippen LogP contribution is 2.39. The average Bonchev–Trinajstić information content (AvgIpc) is 2.94. The first-order chi connectivity index (χ1) is 7.39. The van der Waals surface area contributed by atoms with Crippen molar-refractivity contribution in [3.05, 3.63) is 29.8 Å². The number of aryl methyl sites for hydroxylation is 1. The van der Waals surface area contributed by atoms with E-state index in [1.54, 1.807) is 18.2 Å². The zero-order valence-corrected chi connectivity index (χ0v) is 10.1. The van der Waals surface area contributed by atoms with Gasteiger partial charge >= 0.3 is 0 Å². The van der Waals surface area contributed by atoms with Crippen molar-refractivity contribution in [1.82, 2.24) is 0 Å². The number of hydrogen-bond donors (Lipinski definition) is 1. The fraction of sp³-hybridized carbons (Fsp3) is 0.500. The molecule has 0 radical (unpaired) electrons. The Morgan fingerprint density at radius 2 is 2.06 bits per heavy atom. The first-order valence-corrected chi connectivity index (χ1v) is 7.30. The lowest BCUT2D eigenvalue weighted by molar-refractivity contribution is 0.140. The fourth-order valence-corrected chi connectivity index (χ4v) is 2.39. The standard InChI is InChI=1S/C12H16O3S/c1-16(14,15)11-4-2-3-10(9-11)5-6-12(13)7-8-12/h2-4,9,13H,5-8H2,1H3. The third-order valence-corrected chi connectivity index (χ3v) is 4.14. The van der Waals surface area contributed by atoms with E-state index in [9.17, 15) is 13.5 Å². The van der Waals surface area contributed by atoms with Gasteiger partial charge in [0.1, 0.15) is 0 Å². The van der Waals surface area contributed by atoms with E-state index in [0.717, 1.165) is 31.2 Å². The third-order valence-electron chi connectivity index (χ3n) is 3.03. The molecule has 0 spiro atoms. The molecule has 0 amide bonds. The summed E-state index contributed by atoms with van der Waals surface area (Å²) < 4.78 is 22.7. The monoisotopic (exact) mass is 240 g/mol. The van der Waals surface area contributed by atoms with Gasteiger partial charge in [-0.25, -0.2) is 8.42 Å². The second kappa shape index (κ2) is 3.86. The maximum absolute atomic E-state index is 11.3. The van der Waals surface area contributed by atoms with Crippen molar-refractivity contribution >= 4 is 9.84 Å². The summed E-state index contributed by atoms with van der Waals surface area (Å²) in [7, 11) is -3.13. The summed E-state index contributed by atoms with van der Waals surface area (Å²) in [5.41, 5.74) is 0.504. The van der Waals surface area contributed by atoms with Crippen molar-refractivity contribution in [1.29, 1.82) is 0 Å².